The molecule has 0 aliphatic rings. The summed E-state index contributed by atoms with van der Waals surface area (Å²) >= 11 is 0. The Kier molecular flexibility index (Phi) is 5.11. The van der Waals surface area contributed by atoms with Crippen molar-refractivity contribution in [3.8, 4) is 23.3 Å². The van der Waals surface area contributed by atoms with Crippen LogP contribution in [0.5, 0.6) is 17.2 Å². The Balaban J connectivity index is 3.53. The van der Waals surface area contributed by atoms with Gasteiger partial charge in [-0.15, -0.1) is 0 Å². The van der Waals surface area contributed by atoms with Crippen LogP contribution in [-0.2, 0) is 0 Å². The lowest BCUT2D eigenvalue weighted by Gasteiger charge is -2.15. The number of ether oxygens (including phenoxy) is 3. The molecule has 0 radical (unpaired) electrons. The molecular weight excluding hydrogens is 266 g/mol. The summed E-state index contributed by atoms with van der Waals surface area (Å²) in [5.41, 5.74) is 4.93. The van der Waals surface area contributed by atoms with E-state index >= 15 is 0 Å². The van der Waals surface area contributed by atoms with Crippen molar-refractivity contribution >= 4 is 5.69 Å². The molecule has 0 bridgehead atoms. The highest BCUT2D eigenvalue weighted by Crippen LogP contribution is 2.46. The topological polar surface area (TPSA) is 121 Å². The molecule has 8 heteroatoms. The third-order valence-electron chi connectivity index (χ3n) is 2.39. The molecule has 0 aliphatic carbocycles. The van der Waals surface area contributed by atoms with E-state index in [1.54, 1.807) is 13.0 Å². The normalized spacial score (nSPS) is 11.3. The summed E-state index contributed by atoms with van der Waals surface area (Å²) in [5, 5.41) is 20.2. The molecule has 2 N–H and O–H groups in total. The molecule has 1 aromatic rings. The SMILES string of the molecule is COc1cc(C#N)c([N+](=O)[O-])c(OCC(C)N)c1OC. The monoisotopic (exact) mass is 281 g/mol. The van der Waals surface area contributed by atoms with Gasteiger partial charge in [-0.25, -0.2) is 0 Å². The predicted octanol–water partition coefficient (Wildman–Crippen LogP) is 1.21. The van der Waals surface area contributed by atoms with Crippen molar-refractivity contribution in [2.24, 2.45) is 5.73 Å². The Hall–Kier alpha value is -2.53. The van der Waals surface area contributed by atoms with Crippen molar-refractivity contribution in [1.82, 2.24) is 0 Å². The van der Waals surface area contributed by atoms with E-state index in [1.807, 2.05) is 0 Å². The number of nitrogens with two attached hydrogens (primary N) is 1. The Morgan fingerprint density at radius 2 is 2.10 bits per heavy atom. The second-order valence-electron chi connectivity index (χ2n) is 3.99. The zero-order valence-electron chi connectivity index (χ0n) is 11.4. The smallest absolute Gasteiger partial charge is 0.332 e. The zero-order chi connectivity index (χ0) is 15.3. The molecule has 0 saturated heterocycles. The highest BCUT2D eigenvalue weighted by molar-refractivity contribution is 5.69. The van der Waals surface area contributed by atoms with E-state index in [0.717, 1.165) is 0 Å². The first-order valence-corrected chi connectivity index (χ1v) is 5.68. The van der Waals surface area contributed by atoms with E-state index in [0.29, 0.717) is 0 Å². The van der Waals surface area contributed by atoms with Crippen molar-refractivity contribution in [2.45, 2.75) is 13.0 Å². The summed E-state index contributed by atoms with van der Waals surface area (Å²) in [5.74, 6) is 0.0684. The van der Waals surface area contributed by atoms with Gasteiger partial charge in [0.05, 0.1) is 19.1 Å². The second kappa shape index (κ2) is 6.58. The van der Waals surface area contributed by atoms with Gasteiger partial charge in [-0.3, -0.25) is 10.1 Å². The fourth-order valence-electron chi connectivity index (χ4n) is 1.57. The summed E-state index contributed by atoms with van der Waals surface area (Å²) in [7, 11) is 2.69. The minimum Gasteiger partial charge on any atom is -0.493 e. The number of methoxy groups -OCH3 is 2. The van der Waals surface area contributed by atoms with Gasteiger partial charge in [-0.2, -0.15) is 5.26 Å². The molecule has 0 heterocycles. The summed E-state index contributed by atoms with van der Waals surface area (Å²) in [6.07, 6.45) is 0. The standard InChI is InChI=1S/C12H15N3O5/c1-7(14)6-20-12-10(15(16)17)8(5-13)4-9(18-2)11(12)19-3/h4,7H,6,14H2,1-3H3. The van der Waals surface area contributed by atoms with Crippen LogP contribution in [0.15, 0.2) is 6.07 Å². The fourth-order valence-corrected chi connectivity index (χ4v) is 1.57. The fraction of sp³-hybridized carbons (Fsp3) is 0.417. The number of hydrogen-bond donors (Lipinski definition) is 1. The van der Waals surface area contributed by atoms with Crippen LogP contribution in [0.25, 0.3) is 0 Å². The van der Waals surface area contributed by atoms with E-state index in [4.69, 9.17) is 25.2 Å². The quantitative estimate of drug-likeness (QED) is 0.614. The Labute approximate surface area is 115 Å². The van der Waals surface area contributed by atoms with Gasteiger partial charge in [-0.1, -0.05) is 0 Å². The molecule has 0 aromatic heterocycles. The van der Waals surface area contributed by atoms with Gasteiger partial charge in [-0.05, 0) is 6.92 Å². The van der Waals surface area contributed by atoms with Gasteiger partial charge in [0, 0.05) is 12.1 Å². The van der Waals surface area contributed by atoms with E-state index < -0.39 is 10.6 Å². The highest BCUT2D eigenvalue weighted by Gasteiger charge is 2.29. The molecule has 0 amide bonds. The number of rotatable bonds is 6. The highest BCUT2D eigenvalue weighted by atomic mass is 16.6. The maximum Gasteiger partial charge on any atom is 0.332 e. The van der Waals surface area contributed by atoms with E-state index in [-0.39, 0.29) is 35.5 Å². The minimum atomic E-state index is -0.697. The molecule has 1 atom stereocenters. The van der Waals surface area contributed by atoms with Crippen molar-refractivity contribution in [3.05, 3.63) is 21.7 Å². The van der Waals surface area contributed by atoms with Crippen LogP contribution < -0.4 is 19.9 Å². The molecule has 0 saturated carbocycles. The van der Waals surface area contributed by atoms with Gasteiger partial charge < -0.3 is 19.9 Å². The van der Waals surface area contributed by atoms with Crippen LogP contribution in [0.3, 0.4) is 0 Å². The van der Waals surface area contributed by atoms with E-state index in [1.165, 1.54) is 20.3 Å². The summed E-state index contributed by atoms with van der Waals surface area (Å²) < 4.78 is 15.5. The van der Waals surface area contributed by atoms with Crippen LogP contribution in [0, 0.1) is 21.4 Å². The average Bonchev–Trinajstić information content (AvgIpc) is 2.42. The van der Waals surface area contributed by atoms with Crippen molar-refractivity contribution in [3.63, 3.8) is 0 Å². The van der Waals surface area contributed by atoms with Crippen LogP contribution in [-0.4, -0.2) is 31.8 Å². The van der Waals surface area contributed by atoms with Gasteiger partial charge in [0.2, 0.25) is 11.5 Å². The van der Waals surface area contributed by atoms with Crippen molar-refractivity contribution in [1.29, 1.82) is 5.26 Å². The van der Waals surface area contributed by atoms with Crippen molar-refractivity contribution in [2.75, 3.05) is 20.8 Å². The molecule has 108 valence electrons. The maximum absolute atomic E-state index is 11.2. The zero-order valence-corrected chi connectivity index (χ0v) is 11.4. The van der Waals surface area contributed by atoms with Gasteiger partial charge in [0.15, 0.2) is 5.75 Å². The molecule has 1 rings (SSSR count). The van der Waals surface area contributed by atoms with Gasteiger partial charge in [0.25, 0.3) is 0 Å². The number of nitrogens with zero attached hydrogens (tertiary/aromatic N) is 2. The molecule has 1 unspecified atom stereocenters. The largest absolute Gasteiger partial charge is 0.493 e. The van der Waals surface area contributed by atoms with Crippen LogP contribution in [0.2, 0.25) is 0 Å². The van der Waals surface area contributed by atoms with E-state index in [2.05, 4.69) is 0 Å². The molecule has 8 nitrogen and oxygen atoms in total. The van der Waals surface area contributed by atoms with Gasteiger partial charge >= 0.3 is 5.69 Å². The summed E-state index contributed by atoms with van der Waals surface area (Å²) in [4.78, 5) is 10.5. The summed E-state index contributed by atoms with van der Waals surface area (Å²) in [6, 6.07) is 2.64. The first-order valence-electron chi connectivity index (χ1n) is 5.68. The predicted molar refractivity (Wildman–Crippen MR) is 70.1 cm³/mol. The summed E-state index contributed by atoms with van der Waals surface area (Å²) in [6.45, 7) is 1.72. The van der Waals surface area contributed by atoms with Crippen LogP contribution >= 0.6 is 0 Å². The van der Waals surface area contributed by atoms with Crippen LogP contribution in [0.4, 0.5) is 5.69 Å². The van der Waals surface area contributed by atoms with Crippen molar-refractivity contribution < 1.29 is 19.1 Å². The maximum atomic E-state index is 11.2. The molecule has 20 heavy (non-hydrogen) atoms. The third kappa shape index (κ3) is 3.07. The second-order valence-corrected chi connectivity index (χ2v) is 3.99. The Bertz CT molecular complexity index is 551. The first kappa shape index (κ1) is 15.5. The molecule has 0 fully saturated rings. The number of nitro benzene ring substituents is 1. The number of hydrogen-bond acceptors (Lipinski definition) is 7. The lowest BCUT2D eigenvalue weighted by Crippen LogP contribution is -2.24. The number of nitriles is 1. The molecule has 0 aliphatic heterocycles. The Morgan fingerprint density at radius 1 is 1.45 bits per heavy atom. The molecule has 0 spiro atoms. The minimum absolute atomic E-state index is 0.0369. The average molecular weight is 281 g/mol. The lowest BCUT2D eigenvalue weighted by atomic mass is 10.1. The lowest BCUT2D eigenvalue weighted by molar-refractivity contribution is -0.386. The molecular formula is C12H15N3O5. The van der Waals surface area contributed by atoms with Gasteiger partial charge in [0.1, 0.15) is 18.2 Å². The first-order chi connectivity index (χ1) is 9.46. The van der Waals surface area contributed by atoms with E-state index in [9.17, 15) is 10.1 Å². The number of benzene rings is 1. The Morgan fingerprint density at radius 3 is 2.50 bits per heavy atom. The number of nitro groups is 1. The van der Waals surface area contributed by atoms with Crippen LogP contribution in [0.1, 0.15) is 12.5 Å². The third-order valence-corrected chi connectivity index (χ3v) is 2.39. The molecule has 1 aromatic carbocycles.